The van der Waals surface area contributed by atoms with E-state index in [4.69, 9.17) is 0 Å². The Bertz CT molecular complexity index is 295. The molecule has 22 heavy (non-hydrogen) atoms. The van der Waals surface area contributed by atoms with Gasteiger partial charge in [-0.15, -0.1) is 0 Å². The molecule has 11 nitrogen and oxygen atoms in total. The van der Waals surface area contributed by atoms with E-state index < -0.39 is 30.0 Å². The Hall–Kier alpha value is 2.35. The monoisotopic (exact) mass is 432 g/mol. The van der Waals surface area contributed by atoms with Gasteiger partial charge in [-0.25, -0.2) is 9.59 Å². The number of carbonyl (C=O) groups is 2. The summed E-state index contributed by atoms with van der Waals surface area (Å²) in [4.78, 5) is 77.5. The van der Waals surface area contributed by atoms with Crippen LogP contribution in [-0.4, -0.2) is 149 Å². The van der Waals surface area contributed by atoms with Crippen LogP contribution < -0.4 is 28.8 Å². The molecule has 16 heteroatoms. The molecule has 0 aliphatic carbocycles. The number of hydrogen-bond acceptors (Lipinski definition) is 10. The zero-order chi connectivity index (χ0) is 15.0. The first-order valence-electron chi connectivity index (χ1n) is 3.84. The SMILES string of the molecule is C=CC(=O)O[Si]([O-])([O-])[O-].C=CC(=O)O[Si]([O-])([O-])[O-].O.[Ca+2].[Ca+2].[Ca+2]. The summed E-state index contributed by atoms with van der Waals surface area (Å²) in [7, 11) is -10.8. The van der Waals surface area contributed by atoms with Crippen molar-refractivity contribution >= 4 is 143 Å². The molecule has 0 amide bonds. The Morgan fingerprint density at radius 3 is 0.955 bits per heavy atom. The number of rotatable bonds is 4. The van der Waals surface area contributed by atoms with Crippen molar-refractivity contribution in [3.05, 3.63) is 25.3 Å². The molecule has 0 saturated carbocycles. The van der Waals surface area contributed by atoms with Crippen LogP contribution in [0.5, 0.6) is 0 Å². The molecule has 0 rings (SSSR count). The van der Waals surface area contributed by atoms with Gasteiger partial charge in [-0.05, 0) is 18.1 Å². The van der Waals surface area contributed by atoms with Crippen molar-refractivity contribution in [2.75, 3.05) is 0 Å². The van der Waals surface area contributed by atoms with Crippen LogP contribution in [0.1, 0.15) is 0 Å². The van der Waals surface area contributed by atoms with Crippen molar-refractivity contribution < 1.29 is 52.7 Å². The second kappa shape index (κ2) is 19.7. The molecule has 0 aliphatic heterocycles. The summed E-state index contributed by atoms with van der Waals surface area (Å²) in [6, 6.07) is 0. The maximum Gasteiger partial charge on any atom is 2.00 e. The van der Waals surface area contributed by atoms with Gasteiger partial charge in [0, 0.05) is 12.2 Å². The van der Waals surface area contributed by atoms with Gasteiger partial charge >= 0.3 is 125 Å². The summed E-state index contributed by atoms with van der Waals surface area (Å²) in [6.07, 6.45) is 1.19. The van der Waals surface area contributed by atoms with E-state index >= 15 is 0 Å². The quantitative estimate of drug-likeness (QED) is 0.301. The van der Waals surface area contributed by atoms with E-state index in [2.05, 4.69) is 22.0 Å². The minimum Gasteiger partial charge on any atom is -0.851 e. The maximum atomic E-state index is 9.92. The molecule has 0 fully saturated rings. The van der Waals surface area contributed by atoms with E-state index in [-0.39, 0.29) is 119 Å². The van der Waals surface area contributed by atoms with Crippen LogP contribution in [0.4, 0.5) is 0 Å². The number of hydrogen-bond donors (Lipinski definition) is 0. The molecule has 2 N–H and O–H groups in total. The average molecular weight is 433 g/mol. The largest absolute Gasteiger partial charge is 2.00 e. The molecule has 112 valence electrons. The predicted molar refractivity (Wildman–Crippen MR) is 65.0 cm³/mol. The summed E-state index contributed by atoms with van der Waals surface area (Å²) in [5.41, 5.74) is 0. The average Bonchev–Trinajstić information content (AvgIpc) is 2.13. The van der Waals surface area contributed by atoms with Crippen molar-refractivity contribution in [3.8, 4) is 0 Å². The topological polar surface area (TPSA) is 222 Å². The molecule has 0 spiro atoms. The molecule has 0 aromatic heterocycles. The molecular weight excluding hydrogens is 424 g/mol. The van der Waals surface area contributed by atoms with Crippen molar-refractivity contribution in [3.63, 3.8) is 0 Å². The first-order valence-corrected chi connectivity index (χ1v) is 7.11. The van der Waals surface area contributed by atoms with Gasteiger partial charge in [0.25, 0.3) is 0 Å². The Labute approximate surface area is 217 Å². The predicted octanol–water partition coefficient (Wildman–Crippen LogP) is -9.50. The minimum absolute atomic E-state index is 0. The molecule has 0 unspecified atom stereocenters. The van der Waals surface area contributed by atoms with E-state index in [1.54, 1.807) is 0 Å². The third-order valence-corrected chi connectivity index (χ3v) is 1.69. The molecular formula is C6H8Ca3O11Si2. The van der Waals surface area contributed by atoms with Crippen LogP contribution in [0.25, 0.3) is 0 Å². The minimum atomic E-state index is -5.41. The third kappa shape index (κ3) is 38.1. The fourth-order valence-electron chi connectivity index (χ4n) is 0.330. The van der Waals surface area contributed by atoms with Crippen molar-refractivity contribution in [1.29, 1.82) is 0 Å². The Balaban J connectivity index is -0.0000000492. The molecule has 0 aromatic carbocycles. The molecule has 0 aliphatic rings. The van der Waals surface area contributed by atoms with Gasteiger partial charge in [0.1, 0.15) is 0 Å². The molecule has 0 atom stereocenters. The second-order valence-corrected chi connectivity index (χ2v) is 4.66. The van der Waals surface area contributed by atoms with Crippen LogP contribution >= 0.6 is 0 Å². The summed E-state index contributed by atoms with van der Waals surface area (Å²) < 4.78 is 6.60. The standard InChI is InChI=1S/2C3H3O5Si.3Ca.H2O/c2*1-2-3(4)8-9(5,6)7;;;;/h2*2H,1H2;;;;1H2/q2*-3;3*+2;. The Kier molecular flexibility index (Phi) is 35.3. The van der Waals surface area contributed by atoms with Crippen LogP contribution in [-0.2, 0) is 18.4 Å². The van der Waals surface area contributed by atoms with Gasteiger partial charge < -0.3 is 43.1 Å². The first kappa shape index (κ1) is 39.4. The smallest absolute Gasteiger partial charge is 0.851 e. The zero-order valence-electron chi connectivity index (χ0n) is 11.3. The van der Waals surface area contributed by atoms with Crippen LogP contribution in [0.2, 0.25) is 0 Å². The summed E-state index contributed by atoms with van der Waals surface area (Å²) in [5.74, 6) is -2.50. The van der Waals surface area contributed by atoms with Gasteiger partial charge in [-0.2, -0.15) is 0 Å². The van der Waals surface area contributed by atoms with Gasteiger partial charge in [-0.1, -0.05) is 13.2 Å². The maximum absolute atomic E-state index is 9.92. The summed E-state index contributed by atoms with van der Waals surface area (Å²) in [5, 5.41) is 0. The van der Waals surface area contributed by atoms with E-state index in [9.17, 15) is 38.4 Å². The number of carbonyl (C=O) groups excluding carboxylic acids is 2. The summed E-state index contributed by atoms with van der Waals surface area (Å²) >= 11 is 0. The van der Waals surface area contributed by atoms with Gasteiger partial charge in [0.05, 0.1) is 0 Å². The van der Waals surface area contributed by atoms with E-state index in [1.807, 2.05) is 0 Å². The van der Waals surface area contributed by atoms with E-state index in [1.165, 1.54) is 0 Å². The molecule has 0 heterocycles. The third-order valence-electron chi connectivity index (χ3n) is 0.785. The van der Waals surface area contributed by atoms with E-state index in [0.717, 1.165) is 0 Å². The van der Waals surface area contributed by atoms with Gasteiger partial charge in [-0.3, -0.25) is 0 Å². The van der Waals surface area contributed by atoms with Crippen LogP contribution in [0, 0.1) is 0 Å². The first-order chi connectivity index (χ1) is 7.91. The van der Waals surface area contributed by atoms with Gasteiger partial charge in [0.15, 0.2) is 0 Å². The Morgan fingerprint density at radius 2 is 0.909 bits per heavy atom. The van der Waals surface area contributed by atoms with Crippen LogP contribution in [0.15, 0.2) is 25.3 Å². The summed E-state index contributed by atoms with van der Waals surface area (Å²) in [6.45, 7) is 5.75. The Morgan fingerprint density at radius 1 is 0.727 bits per heavy atom. The fraction of sp³-hybridized carbons (Fsp3) is 0. The normalized spacial score (nSPS) is 8.64. The fourth-order valence-corrected chi connectivity index (χ4v) is 0.989. The van der Waals surface area contributed by atoms with Crippen molar-refractivity contribution in [2.45, 2.75) is 0 Å². The van der Waals surface area contributed by atoms with Crippen molar-refractivity contribution in [1.82, 2.24) is 0 Å². The van der Waals surface area contributed by atoms with Crippen molar-refractivity contribution in [2.24, 2.45) is 0 Å². The molecule has 0 bridgehead atoms. The zero-order valence-corrected chi connectivity index (χ0v) is 19.9. The van der Waals surface area contributed by atoms with Crippen LogP contribution in [0.3, 0.4) is 0 Å². The van der Waals surface area contributed by atoms with E-state index in [0.29, 0.717) is 12.2 Å². The molecule has 0 aromatic rings. The second-order valence-electron chi connectivity index (χ2n) is 2.25. The molecule has 0 radical (unpaired) electrons. The molecule has 0 saturated heterocycles. The van der Waals surface area contributed by atoms with Gasteiger partial charge in [0.2, 0.25) is 0 Å².